The molecule has 0 spiro atoms. The number of benzene rings is 1. The van der Waals surface area contributed by atoms with Crippen molar-refractivity contribution in [1.29, 1.82) is 0 Å². The van der Waals surface area contributed by atoms with Crippen LogP contribution in [0.2, 0.25) is 0 Å². The average Bonchev–Trinajstić information content (AvgIpc) is 2.49. The van der Waals surface area contributed by atoms with E-state index in [9.17, 15) is 56.3 Å². The second-order valence-corrected chi connectivity index (χ2v) is 8.36. The highest BCUT2D eigenvalue weighted by Gasteiger charge is 2.60. The molecule has 1 aromatic rings. The van der Waals surface area contributed by atoms with Crippen LogP contribution < -0.4 is 0 Å². The van der Waals surface area contributed by atoms with Crippen LogP contribution in [0.1, 0.15) is 6.92 Å². The van der Waals surface area contributed by atoms with Gasteiger partial charge in [0.2, 0.25) is 0 Å². The largest absolute Gasteiger partial charge is 0.425 e. The summed E-state index contributed by atoms with van der Waals surface area (Å²) >= 11 is 0. The molecule has 0 aliphatic heterocycles. The lowest BCUT2D eigenvalue weighted by Crippen LogP contribution is -2.45. The third-order valence-electron chi connectivity index (χ3n) is 2.95. The van der Waals surface area contributed by atoms with Crippen LogP contribution in [0.3, 0.4) is 0 Å². The third-order valence-corrected chi connectivity index (χ3v) is 5.64. The van der Waals surface area contributed by atoms with Gasteiger partial charge in [-0.15, -0.1) is 0 Å². The van der Waals surface area contributed by atoms with Gasteiger partial charge in [-0.1, -0.05) is 0 Å². The molecule has 0 bridgehead atoms. The first-order valence-electron chi connectivity index (χ1n) is 6.85. The van der Waals surface area contributed by atoms with Crippen LogP contribution in [0.4, 0.5) is 39.5 Å². The maximum absolute atomic E-state index is 12.4. The molecule has 0 radical (unpaired) electrons. The van der Waals surface area contributed by atoms with Crippen LogP contribution in [0.15, 0.2) is 34.1 Å². The van der Waals surface area contributed by atoms with E-state index in [0.29, 0.717) is 19.1 Å². The summed E-state index contributed by atoms with van der Waals surface area (Å²) in [6, 6.07) is 1.02. The molecule has 1 rings (SSSR count). The number of alkyl halides is 9. The fourth-order valence-electron chi connectivity index (χ4n) is 1.55. The van der Waals surface area contributed by atoms with Crippen LogP contribution in [0.5, 0.6) is 0 Å². The van der Waals surface area contributed by atoms with Gasteiger partial charge in [-0.25, -0.2) is 4.18 Å². The first-order chi connectivity index (χ1) is 12.7. The van der Waals surface area contributed by atoms with Crippen LogP contribution in [-0.4, -0.2) is 47.6 Å². The molecule has 0 aliphatic carbocycles. The molecule has 17 heteroatoms. The zero-order valence-electron chi connectivity index (χ0n) is 13.6. The molecular weight excluding hydrogens is 475 g/mol. The van der Waals surface area contributed by atoms with Gasteiger partial charge in [-0.2, -0.15) is 56.3 Å². The van der Waals surface area contributed by atoms with Gasteiger partial charge in [0.05, 0.1) is 9.79 Å². The van der Waals surface area contributed by atoms with Gasteiger partial charge < -0.3 is 0 Å². The summed E-state index contributed by atoms with van der Waals surface area (Å²) in [6.07, 6.45) is -24.8. The summed E-state index contributed by atoms with van der Waals surface area (Å²) in [4.78, 5) is -2.37. The van der Waals surface area contributed by atoms with Crippen molar-refractivity contribution in [3.05, 3.63) is 24.3 Å². The van der Waals surface area contributed by atoms with E-state index >= 15 is 0 Å². The Morgan fingerprint density at radius 2 is 0.966 bits per heavy atom. The minimum Gasteiger partial charge on any atom is -0.254 e. The van der Waals surface area contributed by atoms with Crippen molar-refractivity contribution >= 4 is 20.2 Å². The second-order valence-electron chi connectivity index (χ2n) is 5.22. The first kappa shape index (κ1) is 25.4. The molecule has 0 N–H and O–H groups in total. The molecule has 0 saturated heterocycles. The Hall–Kier alpha value is -1.59. The van der Waals surface area contributed by atoms with Gasteiger partial charge in [0.1, 0.15) is 0 Å². The Balaban J connectivity index is 3.17. The van der Waals surface area contributed by atoms with Gasteiger partial charge in [0.25, 0.3) is 26.3 Å². The van der Waals surface area contributed by atoms with E-state index in [-0.39, 0.29) is 12.1 Å². The zero-order valence-corrected chi connectivity index (χ0v) is 15.3. The maximum Gasteiger partial charge on any atom is 0.425 e. The summed E-state index contributed by atoms with van der Waals surface area (Å²) in [7, 11) is -10.8. The molecule has 0 amide bonds. The molecule has 0 heterocycles. The predicted molar refractivity (Wildman–Crippen MR) is 74.4 cm³/mol. The van der Waals surface area contributed by atoms with Crippen LogP contribution in [0.25, 0.3) is 0 Å². The fraction of sp³-hybridized carbons (Fsp3) is 0.500. The topological polar surface area (TPSA) is 86.7 Å². The standard InChI is InChI=1S/C12H9F9O6S2/c1-6(10(13,14)15)26-28(22,23)7-2-4-8(5-3-7)29(24,25)27-9(11(16,17)18)12(19,20)21/h2-6,9H,1H3. The van der Waals surface area contributed by atoms with E-state index in [2.05, 4.69) is 8.37 Å². The van der Waals surface area contributed by atoms with Crippen molar-refractivity contribution in [3.63, 3.8) is 0 Å². The van der Waals surface area contributed by atoms with E-state index in [1.54, 1.807) is 0 Å². The van der Waals surface area contributed by atoms with E-state index in [4.69, 9.17) is 0 Å². The molecule has 0 aliphatic rings. The SMILES string of the molecule is CC(OS(=O)(=O)c1ccc(S(=O)(=O)OC(C(F)(F)F)C(F)(F)F)cc1)C(F)(F)F. The highest BCUT2D eigenvalue weighted by molar-refractivity contribution is 7.87. The quantitative estimate of drug-likeness (QED) is 0.454. The van der Waals surface area contributed by atoms with Gasteiger partial charge in [0.15, 0.2) is 6.10 Å². The minimum atomic E-state index is -6.14. The fourth-order valence-corrected chi connectivity index (χ4v) is 3.67. The smallest absolute Gasteiger partial charge is 0.254 e. The zero-order chi connectivity index (χ0) is 23.1. The average molecular weight is 484 g/mol. The molecule has 1 aromatic carbocycles. The molecule has 0 saturated carbocycles. The second kappa shape index (κ2) is 7.92. The molecule has 29 heavy (non-hydrogen) atoms. The summed E-state index contributed by atoms with van der Waals surface area (Å²) in [5.74, 6) is 0. The molecule has 168 valence electrons. The van der Waals surface area contributed by atoms with Crippen molar-refractivity contribution in [3.8, 4) is 0 Å². The highest BCUT2D eigenvalue weighted by atomic mass is 32.2. The molecule has 1 atom stereocenters. The van der Waals surface area contributed by atoms with Crippen molar-refractivity contribution in [2.24, 2.45) is 0 Å². The summed E-state index contributed by atoms with van der Waals surface area (Å²) < 4.78 is 165. The normalized spacial score (nSPS) is 15.6. The van der Waals surface area contributed by atoms with Gasteiger partial charge in [0, 0.05) is 0 Å². The van der Waals surface area contributed by atoms with Crippen LogP contribution in [-0.2, 0) is 28.6 Å². The van der Waals surface area contributed by atoms with E-state index < -0.39 is 60.8 Å². The van der Waals surface area contributed by atoms with Crippen LogP contribution in [0, 0.1) is 0 Å². The van der Waals surface area contributed by atoms with E-state index in [1.807, 2.05) is 0 Å². The predicted octanol–water partition coefficient (Wildman–Crippen LogP) is 3.54. The highest BCUT2D eigenvalue weighted by Crippen LogP contribution is 2.37. The lowest BCUT2D eigenvalue weighted by Gasteiger charge is -2.22. The molecule has 6 nitrogen and oxygen atoms in total. The Bertz CT molecular complexity index is 901. The summed E-state index contributed by atoms with van der Waals surface area (Å²) in [6.45, 7) is 0.346. The van der Waals surface area contributed by atoms with Gasteiger partial charge in [-0.3, -0.25) is 4.18 Å². The number of hydrogen-bond acceptors (Lipinski definition) is 6. The monoisotopic (exact) mass is 484 g/mol. The maximum atomic E-state index is 12.4. The third kappa shape index (κ3) is 6.71. The van der Waals surface area contributed by atoms with Crippen molar-refractivity contribution in [1.82, 2.24) is 0 Å². The molecule has 0 fully saturated rings. The van der Waals surface area contributed by atoms with E-state index in [0.717, 1.165) is 0 Å². The van der Waals surface area contributed by atoms with Gasteiger partial charge in [-0.05, 0) is 31.2 Å². The minimum absolute atomic E-state index is 0.216. The Kier molecular flexibility index (Phi) is 6.95. The lowest BCUT2D eigenvalue weighted by molar-refractivity contribution is -0.299. The Morgan fingerprint density at radius 1 is 0.655 bits per heavy atom. The van der Waals surface area contributed by atoms with Gasteiger partial charge >= 0.3 is 18.5 Å². The molecule has 1 unspecified atom stereocenters. The number of rotatable bonds is 6. The Morgan fingerprint density at radius 3 is 1.24 bits per heavy atom. The van der Waals surface area contributed by atoms with E-state index in [1.165, 1.54) is 0 Å². The van der Waals surface area contributed by atoms with Crippen molar-refractivity contribution < 1.29 is 64.7 Å². The summed E-state index contributed by atoms with van der Waals surface area (Å²) in [5.41, 5.74) is 0. The molecule has 0 aromatic heterocycles. The van der Waals surface area contributed by atoms with Crippen molar-refractivity contribution in [2.75, 3.05) is 0 Å². The van der Waals surface area contributed by atoms with Crippen LogP contribution >= 0.6 is 0 Å². The number of hydrogen-bond donors (Lipinski definition) is 0. The lowest BCUT2D eigenvalue weighted by atomic mass is 10.3. The number of halogens is 9. The van der Waals surface area contributed by atoms with Crippen molar-refractivity contribution in [2.45, 2.75) is 47.5 Å². The summed E-state index contributed by atoms with van der Waals surface area (Å²) in [5, 5.41) is 0. The first-order valence-corrected chi connectivity index (χ1v) is 9.66. The molecular formula is C12H9F9O6S2. The Labute approximate surface area is 157 Å².